The molecule has 0 aliphatic heterocycles. The van der Waals surface area contributed by atoms with Crippen molar-refractivity contribution in [3.63, 3.8) is 0 Å². The summed E-state index contributed by atoms with van der Waals surface area (Å²) in [5.41, 5.74) is 0.788. The van der Waals surface area contributed by atoms with Gasteiger partial charge >= 0.3 is 0 Å². The summed E-state index contributed by atoms with van der Waals surface area (Å²) in [7, 11) is -3.87. The lowest BCUT2D eigenvalue weighted by atomic mass is 10.3. The van der Waals surface area contributed by atoms with E-state index in [1.807, 2.05) is 6.07 Å². The van der Waals surface area contributed by atoms with Gasteiger partial charge in [0.15, 0.2) is 0 Å². The number of amides is 1. The standard InChI is InChI=1S/C23H23ClN2O4S/c1-2-26(19-8-4-3-5-9-19)31(28,29)22-11-7-6-10-21(22)25-23(27)16-17-30-20-14-12-18(24)13-15-20/h3-15H,2,16-17H2,1H3,(H,25,27). The second-order valence-corrected chi connectivity index (χ2v) is 8.87. The van der Waals surface area contributed by atoms with Crippen molar-refractivity contribution in [2.45, 2.75) is 18.2 Å². The van der Waals surface area contributed by atoms with Gasteiger partial charge in [0.2, 0.25) is 5.91 Å². The number of rotatable bonds is 9. The number of para-hydroxylation sites is 2. The van der Waals surface area contributed by atoms with Crippen LogP contribution in [-0.2, 0) is 14.8 Å². The lowest BCUT2D eigenvalue weighted by Crippen LogP contribution is -2.31. The van der Waals surface area contributed by atoms with E-state index in [1.165, 1.54) is 10.4 Å². The van der Waals surface area contributed by atoms with Crippen molar-refractivity contribution in [3.05, 3.63) is 83.9 Å². The van der Waals surface area contributed by atoms with E-state index in [2.05, 4.69) is 5.32 Å². The first-order chi connectivity index (χ1) is 14.9. The molecule has 0 saturated carbocycles. The minimum absolute atomic E-state index is 0.0349. The number of nitrogens with zero attached hydrogens (tertiary/aromatic N) is 1. The Balaban J connectivity index is 1.72. The second kappa shape index (κ2) is 10.3. The Morgan fingerprint density at radius 2 is 1.61 bits per heavy atom. The van der Waals surface area contributed by atoms with E-state index < -0.39 is 10.0 Å². The Labute approximate surface area is 187 Å². The van der Waals surface area contributed by atoms with Crippen LogP contribution < -0.4 is 14.4 Å². The van der Waals surface area contributed by atoms with Crippen LogP contribution >= 0.6 is 11.6 Å². The topological polar surface area (TPSA) is 75.7 Å². The molecule has 0 spiro atoms. The molecule has 0 bridgehead atoms. The zero-order valence-corrected chi connectivity index (χ0v) is 18.6. The van der Waals surface area contributed by atoms with Gasteiger partial charge in [-0.3, -0.25) is 9.10 Å². The third kappa shape index (κ3) is 5.77. The molecule has 0 heterocycles. The average Bonchev–Trinajstić information content (AvgIpc) is 2.76. The summed E-state index contributed by atoms with van der Waals surface area (Å²) in [5, 5.41) is 3.29. The number of benzene rings is 3. The minimum Gasteiger partial charge on any atom is -0.493 e. The van der Waals surface area contributed by atoms with Crippen molar-refractivity contribution in [1.29, 1.82) is 0 Å². The monoisotopic (exact) mass is 458 g/mol. The molecule has 6 nitrogen and oxygen atoms in total. The molecule has 3 aromatic carbocycles. The van der Waals surface area contributed by atoms with Crippen molar-refractivity contribution in [2.75, 3.05) is 22.8 Å². The van der Waals surface area contributed by atoms with Crippen molar-refractivity contribution >= 4 is 38.9 Å². The SMILES string of the molecule is CCN(c1ccccc1)S(=O)(=O)c1ccccc1NC(=O)CCOc1ccc(Cl)cc1. The quantitative estimate of drug-likeness (QED) is 0.491. The fourth-order valence-corrected chi connectivity index (χ4v) is 4.75. The van der Waals surface area contributed by atoms with Crippen LogP contribution in [-0.4, -0.2) is 27.5 Å². The number of carbonyl (C=O) groups is 1. The first-order valence-electron chi connectivity index (χ1n) is 9.77. The molecule has 0 atom stereocenters. The van der Waals surface area contributed by atoms with E-state index in [9.17, 15) is 13.2 Å². The van der Waals surface area contributed by atoms with Crippen LogP contribution in [0.5, 0.6) is 5.75 Å². The second-order valence-electron chi connectivity index (χ2n) is 6.60. The number of ether oxygens (including phenoxy) is 1. The maximum absolute atomic E-state index is 13.3. The van der Waals surface area contributed by atoms with Gasteiger partial charge in [-0.05, 0) is 55.5 Å². The molecule has 0 aromatic heterocycles. The number of hydrogen-bond acceptors (Lipinski definition) is 4. The third-order valence-corrected chi connectivity index (χ3v) is 6.69. The van der Waals surface area contributed by atoms with E-state index in [1.54, 1.807) is 73.7 Å². The molecule has 1 N–H and O–H groups in total. The predicted octanol–water partition coefficient (Wildman–Crippen LogP) is 4.96. The Morgan fingerprint density at radius 3 is 2.29 bits per heavy atom. The number of hydrogen-bond donors (Lipinski definition) is 1. The molecule has 0 unspecified atom stereocenters. The Morgan fingerprint density at radius 1 is 0.968 bits per heavy atom. The van der Waals surface area contributed by atoms with Crippen LogP contribution in [0.25, 0.3) is 0 Å². The van der Waals surface area contributed by atoms with Gasteiger partial charge in [-0.1, -0.05) is 41.9 Å². The lowest BCUT2D eigenvalue weighted by molar-refractivity contribution is -0.116. The third-order valence-electron chi connectivity index (χ3n) is 4.47. The maximum Gasteiger partial charge on any atom is 0.266 e. The highest BCUT2D eigenvalue weighted by Crippen LogP contribution is 2.28. The minimum atomic E-state index is -3.87. The molecule has 3 aromatic rings. The van der Waals surface area contributed by atoms with E-state index in [4.69, 9.17) is 16.3 Å². The Bertz CT molecular complexity index is 1120. The molecule has 162 valence electrons. The molecule has 31 heavy (non-hydrogen) atoms. The summed E-state index contributed by atoms with van der Waals surface area (Å²) >= 11 is 5.84. The zero-order chi connectivity index (χ0) is 22.3. The van der Waals surface area contributed by atoms with Gasteiger partial charge in [-0.15, -0.1) is 0 Å². The normalized spacial score (nSPS) is 11.0. The van der Waals surface area contributed by atoms with Gasteiger partial charge in [0.05, 0.1) is 24.4 Å². The fraction of sp³-hybridized carbons (Fsp3) is 0.174. The summed E-state index contributed by atoms with van der Waals surface area (Å²) in [4.78, 5) is 12.5. The summed E-state index contributed by atoms with van der Waals surface area (Å²) in [6.45, 7) is 2.16. The lowest BCUT2D eigenvalue weighted by Gasteiger charge is -2.24. The highest BCUT2D eigenvalue weighted by molar-refractivity contribution is 7.93. The first-order valence-corrected chi connectivity index (χ1v) is 11.6. The number of anilines is 2. The Hall–Kier alpha value is -3.03. The first kappa shape index (κ1) is 22.7. The van der Waals surface area contributed by atoms with Crippen LogP contribution in [0.1, 0.15) is 13.3 Å². The number of nitrogens with one attached hydrogen (secondary N) is 1. The molecular formula is C23H23ClN2O4S. The molecule has 0 aliphatic rings. The van der Waals surface area contributed by atoms with Crippen LogP contribution in [0, 0.1) is 0 Å². The van der Waals surface area contributed by atoms with Gasteiger partial charge in [-0.25, -0.2) is 8.42 Å². The van der Waals surface area contributed by atoms with Gasteiger partial charge in [0, 0.05) is 11.6 Å². The van der Waals surface area contributed by atoms with E-state index in [-0.39, 0.29) is 36.1 Å². The van der Waals surface area contributed by atoms with Crippen LogP contribution in [0.2, 0.25) is 5.02 Å². The van der Waals surface area contributed by atoms with Crippen molar-refractivity contribution in [1.82, 2.24) is 0 Å². The molecule has 0 saturated heterocycles. The largest absolute Gasteiger partial charge is 0.493 e. The van der Waals surface area contributed by atoms with Crippen LogP contribution in [0.4, 0.5) is 11.4 Å². The summed E-state index contributed by atoms with van der Waals surface area (Å²) in [5.74, 6) is 0.251. The highest BCUT2D eigenvalue weighted by atomic mass is 35.5. The van der Waals surface area contributed by atoms with Crippen molar-refractivity contribution in [3.8, 4) is 5.75 Å². The summed E-state index contributed by atoms with van der Waals surface area (Å²) < 4.78 is 33.5. The zero-order valence-electron chi connectivity index (χ0n) is 17.0. The molecule has 0 fully saturated rings. The number of carbonyl (C=O) groups excluding carboxylic acids is 1. The van der Waals surface area contributed by atoms with Gasteiger partial charge < -0.3 is 10.1 Å². The predicted molar refractivity (Wildman–Crippen MR) is 123 cm³/mol. The van der Waals surface area contributed by atoms with E-state index >= 15 is 0 Å². The van der Waals surface area contributed by atoms with Crippen molar-refractivity contribution in [2.24, 2.45) is 0 Å². The molecule has 8 heteroatoms. The molecule has 3 rings (SSSR count). The van der Waals surface area contributed by atoms with E-state index in [0.717, 1.165) is 0 Å². The van der Waals surface area contributed by atoms with Crippen molar-refractivity contribution < 1.29 is 17.9 Å². The van der Waals surface area contributed by atoms with Gasteiger partial charge in [0.25, 0.3) is 10.0 Å². The fourth-order valence-electron chi connectivity index (χ4n) is 3.00. The van der Waals surface area contributed by atoms with Crippen LogP contribution in [0.3, 0.4) is 0 Å². The Kier molecular flexibility index (Phi) is 7.55. The molecule has 0 aliphatic carbocycles. The van der Waals surface area contributed by atoms with Crippen LogP contribution in [0.15, 0.2) is 83.8 Å². The molecular weight excluding hydrogens is 436 g/mol. The number of halogens is 1. The summed E-state index contributed by atoms with van der Waals surface area (Å²) in [6.07, 6.45) is 0.0627. The maximum atomic E-state index is 13.3. The highest BCUT2D eigenvalue weighted by Gasteiger charge is 2.26. The average molecular weight is 459 g/mol. The van der Waals surface area contributed by atoms with E-state index in [0.29, 0.717) is 16.5 Å². The van der Waals surface area contributed by atoms with Gasteiger partial charge in [-0.2, -0.15) is 0 Å². The van der Waals surface area contributed by atoms with Gasteiger partial charge in [0.1, 0.15) is 10.6 Å². The molecule has 1 amide bonds. The molecule has 0 radical (unpaired) electrons. The summed E-state index contributed by atoms with van der Waals surface area (Å²) in [6, 6.07) is 22.0. The number of sulfonamides is 1. The smallest absolute Gasteiger partial charge is 0.266 e.